The van der Waals surface area contributed by atoms with Crippen LogP contribution < -0.4 is 4.72 Å². The highest BCUT2D eigenvalue weighted by molar-refractivity contribution is 7.89. The molecule has 2 aromatic carbocycles. The second kappa shape index (κ2) is 7.85. The van der Waals surface area contributed by atoms with Crippen molar-refractivity contribution in [3.05, 3.63) is 75.9 Å². The highest BCUT2D eigenvalue weighted by Crippen LogP contribution is 2.29. The minimum atomic E-state index is -3.61. The van der Waals surface area contributed by atoms with Crippen LogP contribution in [0.15, 0.2) is 41.8 Å². The first-order valence-electron chi connectivity index (χ1n) is 9.17. The zero-order valence-electron chi connectivity index (χ0n) is 16.9. The number of hydrogen-bond acceptors (Lipinski definition) is 4. The third kappa shape index (κ3) is 4.00. The van der Waals surface area contributed by atoms with E-state index in [1.165, 1.54) is 6.33 Å². The van der Waals surface area contributed by atoms with Crippen molar-refractivity contribution in [2.45, 2.75) is 52.6 Å². The van der Waals surface area contributed by atoms with Crippen LogP contribution in [0.2, 0.25) is 0 Å². The molecule has 0 amide bonds. The van der Waals surface area contributed by atoms with Gasteiger partial charge < -0.3 is 0 Å². The summed E-state index contributed by atoms with van der Waals surface area (Å²) < 4.78 is 30.5. The summed E-state index contributed by atoms with van der Waals surface area (Å²) >= 11 is 0. The average Bonchev–Trinajstić information content (AvgIpc) is 3.17. The molecule has 0 aliphatic heterocycles. The molecule has 3 aromatic rings. The Morgan fingerprint density at radius 3 is 1.93 bits per heavy atom. The maximum atomic E-state index is 13.0. The summed E-state index contributed by atoms with van der Waals surface area (Å²) in [7, 11) is -3.61. The molecule has 0 saturated carbocycles. The smallest absolute Gasteiger partial charge is 0.241 e. The molecule has 6 nitrogen and oxygen atoms in total. The fraction of sp³-hybridized carbons (Fsp3) is 0.333. The van der Waals surface area contributed by atoms with Gasteiger partial charge in [0.25, 0.3) is 0 Å². The Morgan fingerprint density at radius 1 is 0.857 bits per heavy atom. The summed E-state index contributed by atoms with van der Waals surface area (Å²) in [6.07, 6.45) is 3.17. The third-order valence-corrected chi connectivity index (χ3v) is 7.17. The van der Waals surface area contributed by atoms with Crippen LogP contribution in [0.4, 0.5) is 0 Å². The van der Waals surface area contributed by atoms with Crippen molar-refractivity contribution in [1.82, 2.24) is 19.5 Å². The maximum absolute atomic E-state index is 13.0. The molecule has 0 aliphatic rings. The number of nitrogens with zero attached hydrogens (tertiary/aromatic N) is 3. The molecule has 0 unspecified atom stereocenters. The fourth-order valence-electron chi connectivity index (χ4n) is 3.38. The van der Waals surface area contributed by atoms with E-state index in [2.05, 4.69) is 14.8 Å². The van der Waals surface area contributed by atoms with E-state index in [4.69, 9.17) is 0 Å². The van der Waals surface area contributed by atoms with Gasteiger partial charge in [-0.3, -0.25) is 0 Å². The van der Waals surface area contributed by atoms with E-state index in [1.807, 2.05) is 58.9 Å². The van der Waals surface area contributed by atoms with Gasteiger partial charge in [-0.1, -0.05) is 24.3 Å². The molecular weight excluding hydrogens is 372 g/mol. The van der Waals surface area contributed by atoms with E-state index in [0.29, 0.717) is 11.4 Å². The van der Waals surface area contributed by atoms with Crippen molar-refractivity contribution in [1.29, 1.82) is 0 Å². The lowest BCUT2D eigenvalue weighted by Crippen LogP contribution is -2.25. The van der Waals surface area contributed by atoms with Crippen molar-refractivity contribution in [3.8, 4) is 0 Å². The second-order valence-corrected chi connectivity index (χ2v) is 8.89. The van der Waals surface area contributed by atoms with Crippen LogP contribution in [0, 0.1) is 34.6 Å². The van der Waals surface area contributed by atoms with Gasteiger partial charge >= 0.3 is 0 Å². The third-order valence-electron chi connectivity index (χ3n) is 5.50. The Morgan fingerprint density at radius 2 is 1.39 bits per heavy atom. The van der Waals surface area contributed by atoms with Gasteiger partial charge in [-0.15, -0.1) is 0 Å². The Labute approximate surface area is 166 Å². The second-order valence-electron chi connectivity index (χ2n) is 7.19. The van der Waals surface area contributed by atoms with Crippen LogP contribution >= 0.6 is 0 Å². The molecule has 0 aliphatic carbocycles. The van der Waals surface area contributed by atoms with E-state index in [1.54, 1.807) is 11.0 Å². The zero-order valence-corrected chi connectivity index (χ0v) is 17.8. The van der Waals surface area contributed by atoms with Gasteiger partial charge in [0.15, 0.2) is 0 Å². The largest absolute Gasteiger partial charge is 0.249 e. The van der Waals surface area contributed by atoms with Crippen LogP contribution in [0.25, 0.3) is 0 Å². The van der Waals surface area contributed by atoms with Gasteiger partial charge in [-0.2, -0.15) is 5.10 Å². The molecule has 148 valence electrons. The highest BCUT2D eigenvalue weighted by Gasteiger charge is 2.23. The molecular formula is C21H26N4O2S. The van der Waals surface area contributed by atoms with Crippen molar-refractivity contribution in [2.24, 2.45) is 0 Å². The first kappa shape index (κ1) is 20.2. The fourth-order valence-corrected chi connectivity index (χ4v) is 5.00. The van der Waals surface area contributed by atoms with Gasteiger partial charge in [0.1, 0.15) is 12.7 Å². The minimum absolute atomic E-state index is 0.247. The van der Waals surface area contributed by atoms with Crippen LogP contribution in [-0.2, 0) is 23.1 Å². The summed E-state index contributed by atoms with van der Waals surface area (Å²) in [6.45, 7) is 10.6. The lowest BCUT2D eigenvalue weighted by atomic mass is 9.95. The summed E-state index contributed by atoms with van der Waals surface area (Å²) in [6, 6.07) is 7.81. The zero-order chi connectivity index (χ0) is 20.5. The number of aromatic nitrogens is 3. The standard InChI is InChI=1S/C21H26N4O2S/c1-14-15(2)17(4)21(18(5)16(14)3)28(26,27)24-10-19-6-8-20(9-7-19)11-25-13-22-12-23-25/h6-9,12-13,24H,10-11H2,1-5H3. The van der Waals surface area contributed by atoms with Gasteiger partial charge in [0.05, 0.1) is 11.4 Å². The Balaban J connectivity index is 1.77. The quantitative estimate of drug-likeness (QED) is 0.691. The molecule has 1 N–H and O–H groups in total. The van der Waals surface area contributed by atoms with Gasteiger partial charge in [0, 0.05) is 6.54 Å². The normalized spacial score (nSPS) is 11.8. The van der Waals surface area contributed by atoms with Crippen LogP contribution in [0.3, 0.4) is 0 Å². The molecule has 7 heteroatoms. The van der Waals surface area contributed by atoms with Crippen molar-refractivity contribution >= 4 is 10.0 Å². The summed E-state index contributed by atoms with van der Waals surface area (Å²) in [4.78, 5) is 4.33. The molecule has 3 rings (SSSR count). The number of rotatable bonds is 6. The molecule has 28 heavy (non-hydrogen) atoms. The maximum Gasteiger partial charge on any atom is 0.241 e. The molecule has 0 spiro atoms. The molecule has 0 saturated heterocycles. The minimum Gasteiger partial charge on any atom is -0.249 e. The van der Waals surface area contributed by atoms with Crippen LogP contribution in [0.5, 0.6) is 0 Å². The molecule has 1 aromatic heterocycles. The van der Waals surface area contributed by atoms with E-state index in [-0.39, 0.29) is 6.54 Å². The Hall–Kier alpha value is -2.51. The molecule has 1 heterocycles. The van der Waals surface area contributed by atoms with Gasteiger partial charge in [-0.25, -0.2) is 22.8 Å². The van der Waals surface area contributed by atoms with E-state index >= 15 is 0 Å². The van der Waals surface area contributed by atoms with Crippen molar-refractivity contribution in [3.63, 3.8) is 0 Å². The average molecular weight is 399 g/mol. The topological polar surface area (TPSA) is 76.9 Å². The predicted octanol–water partition coefficient (Wildman–Crippen LogP) is 3.35. The lowest BCUT2D eigenvalue weighted by Gasteiger charge is -2.19. The highest BCUT2D eigenvalue weighted by atomic mass is 32.2. The van der Waals surface area contributed by atoms with Gasteiger partial charge in [0.2, 0.25) is 10.0 Å². The summed E-state index contributed by atoms with van der Waals surface area (Å²) in [5, 5.41) is 4.09. The first-order chi connectivity index (χ1) is 13.2. The van der Waals surface area contributed by atoms with Gasteiger partial charge in [-0.05, 0) is 73.6 Å². The Kier molecular flexibility index (Phi) is 5.67. The van der Waals surface area contributed by atoms with Crippen molar-refractivity contribution in [2.75, 3.05) is 0 Å². The molecule has 0 radical (unpaired) electrons. The van der Waals surface area contributed by atoms with Crippen LogP contribution in [0.1, 0.15) is 38.9 Å². The monoisotopic (exact) mass is 398 g/mol. The summed E-state index contributed by atoms with van der Waals surface area (Å²) in [5.41, 5.74) is 6.82. The van der Waals surface area contributed by atoms with E-state index in [9.17, 15) is 8.42 Å². The molecule has 0 atom stereocenters. The van der Waals surface area contributed by atoms with E-state index in [0.717, 1.165) is 38.9 Å². The number of nitrogens with one attached hydrogen (secondary N) is 1. The predicted molar refractivity (Wildman–Crippen MR) is 110 cm³/mol. The molecule has 0 bridgehead atoms. The number of hydrogen-bond donors (Lipinski definition) is 1. The SMILES string of the molecule is Cc1c(C)c(C)c(S(=O)(=O)NCc2ccc(Cn3cncn3)cc2)c(C)c1C. The van der Waals surface area contributed by atoms with Crippen molar-refractivity contribution < 1.29 is 8.42 Å². The van der Waals surface area contributed by atoms with Crippen LogP contribution in [-0.4, -0.2) is 23.2 Å². The summed E-state index contributed by atoms with van der Waals surface area (Å²) in [5.74, 6) is 0. The molecule has 0 fully saturated rings. The van der Waals surface area contributed by atoms with E-state index < -0.39 is 10.0 Å². The lowest BCUT2D eigenvalue weighted by molar-refractivity contribution is 0.579. The number of benzene rings is 2. The number of sulfonamides is 1. The Bertz CT molecular complexity index is 1060. The first-order valence-corrected chi connectivity index (χ1v) is 10.7.